The second-order valence-electron chi connectivity index (χ2n) is 27.1. The van der Waals surface area contributed by atoms with Gasteiger partial charge in [-0.25, -0.2) is 15.0 Å². The van der Waals surface area contributed by atoms with Crippen LogP contribution in [0.2, 0.25) is 0 Å². The van der Waals surface area contributed by atoms with E-state index in [-0.39, 0.29) is 0 Å². The van der Waals surface area contributed by atoms with E-state index in [1.807, 2.05) is 0 Å². The molecule has 0 saturated carbocycles. The summed E-state index contributed by atoms with van der Waals surface area (Å²) in [6.45, 7) is 0. The van der Waals surface area contributed by atoms with Crippen LogP contribution in [-0.4, -0.2) is 43.2 Å². The fourth-order valence-electron chi connectivity index (χ4n) is 16.7. The number of aromatic nitrogens is 9. The van der Waals surface area contributed by atoms with Gasteiger partial charge in [-0.15, -0.1) is 0 Å². The molecule has 8 aromatic heterocycles. The van der Waals surface area contributed by atoms with Gasteiger partial charge in [0.2, 0.25) is 11.9 Å². The fraction of sp³-hybridized carbons (Fsp3) is 0. The highest BCUT2D eigenvalue weighted by atomic mass is 16.3. The molecule has 0 bridgehead atoms. The van der Waals surface area contributed by atoms with E-state index in [4.69, 9.17) is 33.8 Å². The lowest BCUT2D eigenvalue weighted by atomic mass is 10.0. The Morgan fingerprint density at radius 2 is 0.567 bits per heavy atom. The smallest absolute Gasteiger partial charge is 0.238 e. The third-order valence-electron chi connectivity index (χ3n) is 21.4. The number of para-hydroxylation sites is 6. The van der Waals surface area contributed by atoms with Crippen molar-refractivity contribution in [1.82, 2.24) is 43.2 Å². The maximum absolute atomic E-state index is 6.71. The van der Waals surface area contributed by atoms with Gasteiger partial charge in [0.25, 0.3) is 0 Å². The van der Waals surface area contributed by atoms with Crippen LogP contribution in [0.1, 0.15) is 0 Å². The third kappa shape index (κ3) is 8.31. The molecule has 0 unspecified atom stereocenters. The molecule has 0 spiro atoms. The molecular formula is C93H53N9O2. The molecule has 0 aliphatic heterocycles. The first-order valence-electron chi connectivity index (χ1n) is 35.0. The Balaban J connectivity index is 0.763. The van der Waals surface area contributed by atoms with Crippen LogP contribution in [0.25, 0.3) is 221 Å². The normalized spacial score (nSPS) is 12.2. The minimum atomic E-state index is 0.466. The molecule has 23 rings (SSSR count). The van der Waals surface area contributed by atoms with Gasteiger partial charge in [-0.05, 0) is 138 Å². The molecule has 482 valence electrons. The Bertz CT molecular complexity index is 7200. The highest BCUT2D eigenvalue weighted by Gasteiger charge is 2.26. The van der Waals surface area contributed by atoms with Gasteiger partial charge in [0.15, 0.2) is 11.6 Å². The lowest BCUT2D eigenvalue weighted by molar-refractivity contribution is 0.672. The third-order valence-corrected chi connectivity index (χ3v) is 21.4. The lowest BCUT2D eigenvalue weighted by Gasteiger charge is -2.14. The number of fused-ring (bicyclic) bond motifs is 22. The van der Waals surface area contributed by atoms with E-state index < -0.39 is 0 Å². The van der Waals surface area contributed by atoms with E-state index in [2.05, 4.69) is 340 Å². The Hall–Kier alpha value is -14.3. The zero-order chi connectivity index (χ0) is 67.8. The monoisotopic (exact) mass is 1330 g/mol. The highest BCUT2D eigenvalue weighted by molar-refractivity contribution is 6.21. The summed E-state index contributed by atoms with van der Waals surface area (Å²) in [7, 11) is 0. The SMILES string of the molecule is c1cc(-c2nc(-c3cccc(-n4c5ccccc5c5ccccc54)c3)nc(-n3c4ccccc4c4cc5c6ccccc6n(-c6nc(-c7ccc8oc9c%10ccccc%10ccc9c8c7)cc(-c7ccc8oc9c%10ccccc%10ccc9c8c7)n6)c5cc43)n2)cc(-n2c3ccccc3c3ccccc32)c1. The minimum Gasteiger partial charge on any atom is -0.455 e. The molecule has 15 aromatic carbocycles. The summed E-state index contributed by atoms with van der Waals surface area (Å²) in [5.41, 5.74) is 18.5. The van der Waals surface area contributed by atoms with Crippen LogP contribution in [-0.2, 0) is 0 Å². The van der Waals surface area contributed by atoms with Crippen LogP contribution >= 0.6 is 0 Å². The van der Waals surface area contributed by atoms with Crippen molar-refractivity contribution in [3.63, 3.8) is 0 Å². The average Bonchev–Trinajstić information content (AvgIpc) is 1.56. The van der Waals surface area contributed by atoms with Gasteiger partial charge in [-0.3, -0.25) is 9.13 Å². The van der Waals surface area contributed by atoms with Crippen molar-refractivity contribution in [2.24, 2.45) is 0 Å². The summed E-state index contributed by atoms with van der Waals surface area (Å²) in [4.78, 5) is 28.2. The van der Waals surface area contributed by atoms with Gasteiger partial charge in [0, 0.05) is 109 Å². The number of hydrogen-bond acceptors (Lipinski definition) is 7. The molecule has 0 saturated heterocycles. The van der Waals surface area contributed by atoms with Gasteiger partial charge in [-0.2, -0.15) is 9.97 Å². The fourth-order valence-corrected chi connectivity index (χ4v) is 16.7. The number of furan rings is 2. The molecule has 0 fully saturated rings. The Labute approximate surface area is 591 Å². The minimum absolute atomic E-state index is 0.466. The first-order chi connectivity index (χ1) is 51.5. The van der Waals surface area contributed by atoms with Crippen LogP contribution in [0.3, 0.4) is 0 Å². The number of nitrogens with zero attached hydrogens (tertiary/aromatic N) is 9. The summed E-state index contributed by atoms with van der Waals surface area (Å²) >= 11 is 0. The molecule has 0 atom stereocenters. The number of hydrogen-bond donors (Lipinski definition) is 0. The summed E-state index contributed by atoms with van der Waals surface area (Å²) in [6, 6.07) is 114. The zero-order valence-electron chi connectivity index (χ0n) is 55.4. The molecule has 0 aliphatic carbocycles. The van der Waals surface area contributed by atoms with E-state index in [9.17, 15) is 0 Å². The van der Waals surface area contributed by atoms with Gasteiger partial charge < -0.3 is 18.0 Å². The molecule has 104 heavy (non-hydrogen) atoms. The van der Waals surface area contributed by atoms with Crippen molar-refractivity contribution in [3.05, 3.63) is 322 Å². The second-order valence-corrected chi connectivity index (χ2v) is 27.1. The molecule has 11 nitrogen and oxygen atoms in total. The van der Waals surface area contributed by atoms with E-state index in [1.165, 1.54) is 21.5 Å². The van der Waals surface area contributed by atoms with Crippen LogP contribution in [0.15, 0.2) is 330 Å². The molecule has 0 radical (unpaired) electrons. The van der Waals surface area contributed by atoms with Gasteiger partial charge in [0.05, 0.1) is 55.5 Å². The summed E-state index contributed by atoms with van der Waals surface area (Å²) in [5.74, 6) is 2.03. The van der Waals surface area contributed by atoms with E-state index in [1.54, 1.807) is 0 Å². The van der Waals surface area contributed by atoms with Crippen molar-refractivity contribution < 1.29 is 8.83 Å². The largest absolute Gasteiger partial charge is 0.455 e. The summed E-state index contributed by atoms with van der Waals surface area (Å²) in [5, 5.41) is 17.4. The number of benzene rings is 15. The first-order valence-corrected chi connectivity index (χ1v) is 35.0. The molecule has 0 amide bonds. The van der Waals surface area contributed by atoms with Crippen LogP contribution in [0.4, 0.5) is 0 Å². The van der Waals surface area contributed by atoms with Crippen molar-refractivity contribution in [3.8, 4) is 68.6 Å². The van der Waals surface area contributed by atoms with Crippen molar-refractivity contribution in [1.29, 1.82) is 0 Å². The van der Waals surface area contributed by atoms with Gasteiger partial charge >= 0.3 is 0 Å². The summed E-state index contributed by atoms with van der Waals surface area (Å²) < 4.78 is 22.6. The first kappa shape index (κ1) is 56.6. The average molecular weight is 1330 g/mol. The second kappa shape index (κ2) is 21.6. The van der Waals surface area contributed by atoms with Crippen LogP contribution in [0, 0.1) is 0 Å². The topological polar surface area (TPSA) is 110 Å². The van der Waals surface area contributed by atoms with Gasteiger partial charge in [-0.1, -0.05) is 194 Å². The quantitative estimate of drug-likeness (QED) is 0.149. The standard InChI is InChI=1S/C93H53N9O2/c1-3-25-62-54(19-1)39-43-70-74-49-56(41-45-86(74)103-88(62)70)76-52-77(57-42-46-87-75(50-57)71-44-40-55-20-2-4-26-63(55)89(71)104-87)95-92(94-76)101-82-37-15-9-31-68(82)72-51-73-69-32-10-16-38-83(69)102(85(73)53-84(72)101)93-97-90(58-21-17-23-60(47-58)99-78-33-11-5-27-64(78)65-28-6-12-34-79(65)99)96-91(98-93)59-22-18-24-61(48-59)100-80-35-13-7-29-66(80)67-30-8-14-36-81(67)100/h1-53H. The molecule has 0 aliphatic rings. The molecule has 8 heterocycles. The Kier molecular flexibility index (Phi) is 11.8. The van der Waals surface area contributed by atoms with Crippen LogP contribution < -0.4 is 0 Å². The highest BCUT2D eigenvalue weighted by Crippen LogP contribution is 2.44. The molecule has 23 aromatic rings. The maximum atomic E-state index is 6.71. The van der Waals surface area contributed by atoms with E-state index in [0.29, 0.717) is 23.5 Å². The molecular weight excluding hydrogens is 1280 g/mol. The molecule has 0 N–H and O–H groups in total. The van der Waals surface area contributed by atoms with Gasteiger partial charge in [0.1, 0.15) is 22.3 Å². The lowest BCUT2D eigenvalue weighted by Crippen LogP contribution is -2.07. The zero-order valence-corrected chi connectivity index (χ0v) is 55.4. The Morgan fingerprint density at radius 1 is 0.202 bits per heavy atom. The van der Waals surface area contributed by atoms with Crippen LogP contribution in [0.5, 0.6) is 0 Å². The Morgan fingerprint density at radius 3 is 0.990 bits per heavy atom. The summed E-state index contributed by atoms with van der Waals surface area (Å²) in [6.07, 6.45) is 0. The van der Waals surface area contributed by atoms with Crippen molar-refractivity contribution in [2.45, 2.75) is 0 Å². The predicted octanol–water partition coefficient (Wildman–Crippen LogP) is 23.8. The number of rotatable bonds is 8. The molecule has 11 heteroatoms. The van der Waals surface area contributed by atoms with E-state index in [0.717, 1.165) is 176 Å². The maximum Gasteiger partial charge on any atom is 0.238 e. The van der Waals surface area contributed by atoms with Crippen molar-refractivity contribution >= 4 is 153 Å². The van der Waals surface area contributed by atoms with Crippen molar-refractivity contribution in [2.75, 3.05) is 0 Å². The predicted molar refractivity (Wildman–Crippen MR) is 424 cm³/mol. The van der Waals surface area contributed by atoms with E-state index >= 15 is 0 Å².